The zero-order valence-corrected chi connectivity index (χ0v) is 14.9. The van der Waals surface area contributed by atoms with E-state index in [0.29, 0.717) is 0 Å². The summed E-state index contributed by atoms with van der Waals surface area (Å²) < 4.78 is 0. The third-order valence-electron chi connectivity index (χ3n) is 0. The van der Waals surface area contributed by atoms with Crippen LogP contribution in [0.3, 0.4) is 0 Å². The minimum absolute atomic E-state index is 0. The smallest absolute Gasteiger partial charge is 0.412 e. The normalized spacial score (nSPS) is 3.20. The van der Waals surface area contributed by atoms with Gasteiger partial charge in [0, 0.05) is 0 Å². The monoisotopic (exact) mass is 288 g/mol. The van der Waals surface area contributed by atoms with Crippen molar-refractivity contribution in [3.05, 3.63) is 42.5 Å². The van der Waals surface area contributed by atoms with E-state index in [0.717, 1.165) is 12.8 Å². The van der Waals surface area contributed by atoms with Gasteiger partial charge in [0.25, 0.3) is 0 Å². The van der Waals surface area contributed by atoms with E-state index in [1.54, 1.807) is 13.8 Å². The van der Waals surface area contributed by atoms with Crippen molar-refractivity contribution in [2.24, 2.45) is 0 Å². The Balaban J connectivity index is -0.00000000418. The maximum atomic E-state index is 3.49. The van der Waals surface area contributed by atoms with Crippen molar-refractivity contribution in [1.82, 2.24) is 0 Å². The molecule has 0 atom stereocenters. The third-order valence-corrected chi connectivity index (χ3v) is 0. The molecule has 0 spiro atoms. The van der Waals surface area contributed by atoms with Crippen LogP contribution in [-0.2, 0) is 43.4 Å². The molecule has 3 heteroatoms. The van der Waals surface area contributed by atoms with Gasteiger partial charge in [-0.1, -0.05) is 13.8 Å². The first-order valence-corrected chi connectivity index (χ1v) is 3.83. The van der Waals surface area contributed by atoms with Crippen LogP contribution < -0.4 is 0 Å². The summed E-state index contributed by atoms with van der Waals surface area (Å²) in [4.78, 5) is 0. The molecule has 15 heavy (non-hydrogen) atoms. The summed E-state index contributed by atoms with van der Waals surface area (Å²) in [5.41, 5.74) is 0. The molecule has 0 aliphatic carbocycles. The molecule has 0 fully saturated rings. The van der Waals surface area contributed by atoms with Crippen molar-refractivity contribution >= 4 is 0 Å². The van der Waals surface area contributed by atoms with Gasteiger partial charge in [-0.25, -0.2) is 0 Å². The maximum Gasteiger partial charge on any atom is 3.00 e. The van der Waals surface area contributed by atoms with E-state index >= 15 is 0 Å². The predicted octanol–water partition coefficient (Wildman–Crippen LogP) is 4.21. The SMILES string of the molecule is O.[CH2-]C.[CH2-]C.[CH2-]CC.[CH2-]CC.[CH3-].[CH3-].[Ti+3].[Ti+3]. The van der Waals surface area contributed by atoms with E-state index in [-0.39, 0.29) is 63.8 Å². The van der Waals surface area contributed by atoms with Crippen LogP contribution in [0, 0.1) is 42.5 Å². The minimum Gasteiger partial charge on any atom is -0.412 e. The van der Waals surface area contributed by atoms with Crippen molar-refractivity contribution in [3.8, 4) is 0 Å². The average molecular weight is 288 g/mol. The quantitative estimate of drug-likeness (QED) is 0.472. The van der Waals surface area contributed by atoms with E-state index in [1.165, 1.54) is 0 Å². The van der Waals surface area contributed by atoms with Crippen LogP contribution in [0.25, 0.3) is 0 Å². The fourth-order valence-electron chi connectivity index (χ4n) is 0. The molecular weight excluding hydrogens is 256 g/mol. The average Bonchev–Trinajstić information content (AvgIpc) is 1.99. The predicted molar refractivity (Wildman–Crippen MR) is 69.8 cm³/mol. The van der Waals surface area contributed by atoms with Gasteiger partial charge < -0.3 is 48.0 Å². The second-order valence-corrected chi connectivity index (χ2v) is 1.000. The molecule has 0 aliphatic heterocycles. The molecule has 0 saturated carbocycles. The van der Waals surface area contributed by atoms with Gasteiger partial charge >= 0.3 is 43.4 Å². The number of rotatable bonds is 0. The Hall–Kier alpha value is 1.39. The van der Waals surface area contributed by atoms with Crippen LogP contribution in [0.15, 0.2) is 0 Å². The third kappa shape index (κ3) is 1430. The van der Waals surface area contributed by atoms with Crippen molar-refractivity contribution in [3.63, 3.8) is 0 Å². The minimum atomic E-state index is 0. The molecule has 0 aromatic rings. The summed E-state index contributed by atoms with van der Waals surface area (Å²) in [6.45, 7) is 21.0. The van der Waals surface area contributed by atoms with E-state index in [9.17, 15) is 0 Å². The summed E-state index contributed by atoms with van der Waals surface area (Å²) in [7, 11) is 0. The summed E-state index contributed by atoms with van der Waals surface area (Å²) in [6, 6.07) is 0. The largest absolute Gasteiger partial charge is 3.00 e. The summed E-state index contributed by atoms with van der Waals surface area (Å²) >= 11 is 0. The molecule has 0 aromatic carbocycles. The molecule has 0 rings (SSSR count). The van der Waals surface area contributed by atoms with E-state index < -0.39 is 0 Å². The van der Waals surface area contributed by atoms with Gasteiger partial charge in [-0.05, 0) is 0 Å². The van der Waals surface area contributed by atoms with Gasteiger partial charge in [0.2, 0.25) is 0 Å². The molecule has 2 radical (unpaired) electrons. The Labute approximate surface area is 131 Å². The van der Waals surface area contributed by atoms with Crippen molar-refractivity contribution in [2.75, 3.05) is 0 Å². The molecule has 0 amide bonds. The van der Waals surface area contributed by atoms with Gasteiger partial charge in [-0.2, -0.15) is 26.7 Å². The molecule has 1 nitrogen and oxygen atoms in total. The Morgan fingerprint density at radius 1 is 0.667 bits per heavy atom. The zero-order chi connectivity index (χ0) is 9.41. The fourth-order valence-corrected chi connectivity index (χ4v) is 0. The molecule has 0 unspecified atom stereocenters. The van der Waals surface area contributed by atoms with Gasteiger partial charge in [-0.15, -0.1) is 0 Å². The molecule has 94 valence electrons. The van der Waals surface area contributed by atoms with E-state index in [2.05, 4.69) is 27.7 Å². The van der Waals surface area contributed by atoms with Gasteiger partial charge in [-0.3, -0.25) is 0 Å². The Bertz CT molecular complexity index is 15.6. The van der Waals surface area contributed by atoms with Crippen molar-refractivity contribution in [2.45, 2.75) is 40.5 Å². The first-order valence-electron chi connectivity index (χ1n) is 3.83. The van der Waals surface area contributed by atoms with E-state index in [1.807, 2.05) is 13.8 Å². The van der Waals surface area contributed by atoms with Gasteiger partial charge in [0.15, 0.2) is 0 Å². The molecular formula is C12H32OTi2. The molecule has 0 heterocycles. The van der Waals surface area contributed by atoms with E-state index in [4.69, 9.17) is 0 Å². The van der Waals surface area contributed by atoms with Crippen molar-refractivity contribution in [1.29, 1.82) is 0 Å². The summed E-state index contributed by atoms with van der Waals surface area (Å²) in [5.74, 6) is 0. The maximum absolute atomic E-state index is 3.49. The van der Waals surface area contributed by atoms with Gasteiger partial charge in [0.05, 0.1) is 0 Å². The van der Waals surface area contributed by atoms with Crippen LogP contribution in [0.5, 0.6) is 0 Å². The standard InChI is InChI=1S/2C3H7.2C2H5.2CH3.H2O.2Ti/c2*1-3-2;2*1-2;;;;;/h2*1,3H2,2H3;2*1H2,2H3;2*1H3;1H2;;/q6*-1;;2*+3. The number of hydrogen-bond donors (Lipinski definition) is 0. The molecule has 0 aliphatic rings. The van der Waals surface area contributed by atoms with Gasteiger partial charge in [0.1, 0.15) is 0 Å². The molecule has 0 aromatic heterocycles. The van der Waals surface area contributed by atoms with Crippen LogP contribution in [0.4, 0.5) is 0 Å². The van der Waals surface area contributed by atoms with Crippen LogP contribution in [-0.4, -0.2) is 5.48 Å². The Kier molecular flexibility index (Phi) is 1320. The summed E-state index contributed by atoms with van der Waals surface area (Å²) in [5, 5.41) is 0. The zero-order valence-electron chi connectivity index (χ0n) is 11.7. The molecule has 0 saturated heterocycles. The summed E-state index contributed by atoms with van der Waals surface area (Å²) in [6.07, 6.45) is 2.00. The van der Waals surface area contributed by atoms with Crippen molar-refractivity contribution < 1.29 is 48.9 Å². The molecule has 0 bridgehead atoms. The van der Waals surface area contributed by atoms with Crippen LogP contribution >= 0.6 is 0 Å². The topological polar surface area (TPSA) is 31.5 Å². The second-order valence-electron chi connectivity index (χ2n) is 1.000. The Morgan fingerprint density at radius 3 is 0.667 bits per heavy atom. The van der Waals surface area contributed by atoms with Crippen LogP contribution in [0.1, 0.15) is 40.5 Å². The first-order chi connectivity index (χ1) is 4.83. The Morgan fingerprint density at radius 2 is 0.667 bits per heavy atom. The van der Waals surface area contributed by atoms with Crippen LogP contribution in [0.2, 0.25) is 0 Å². The number of hydrogen-bond acceptors (Lipinski definition) is 0. The second kappa shape index (κ2) is 277. The first kappa shape index (κ1) is 71.1. The molecule has 2 N–H and O–H groups in total. The fraction of sp³-hybridized carbons (Fsp3) is 0.500.